The van der Waals surface area contributed by atoms with E-state index in [2.05, 4.69) is 19.2 Å². The van der Waals surface area contributed by atoms with Crippen molar-refractivity contribution in [3.05, 3.63) is 23.8 Å². The van der Waals surface area contributed by atoms with Crippen LogP contribution in [0, 0.1) is 0 Å². The molecule has 0 fully saturated rings. The van der Waals surface area contributed by atoms with Crippen molar-refractivity contribution >= 4 is 0 Å². The van der Waals surface area contributed by atoms with Crippen molar-refractivity contribution in [2.75, 3.05) is 6.61 Å². The molecule has 3 heteroatoms. The smallest absolute Gasteiger partial charge is 0.126 e. The summed E-state index contributed by atoms with van der Waals surface area (Å²) >= 11 is 0. The van der Waals surface area contributed by atoms with Crippen LogP contribution < -0.4 is 10.1 Å². The second kappa shape index (κ2) is 6.80. The molecule has 2 rings (SSSR count). The van der Waals surface area contributed by atoms with Gasteiger partial charge in [-0.1, -0.05) is 32.8 Å². The maximum atomic E-state index is 9.90. The van der Waals surface area contributed by atoms with Gasteiger partial charge in [0.2, 0.25) is 0 Å². The molecule has 106 valence electrons. The molecular formula is C16H25NO2. The van der Waals surface area contributed by atoms with Crippen molar-refractivity contribution in [2.24, 2.45) is 0 Å². The summed E-state index contributed by atoms with van der Waals surface area (Å²) in [5.74, 6) is 1.19. The van der Waals surface area contributed by atoms with Crippen LogP contribution in [-0.2, 0) is 6.42 Å². The number of phenols is 1. The van der Waals surface area contributed by atoms with Crippen LogP contribution >= 0.6 is 0 Å². The number of hydrogen-bond acceptors (Lipinski definition) is 3. The zero-order valence-electron chi connectivity index (χ0n) is 12.0. The van der Waals surface area contributed by atoms with E-state index in [0.717, 1.165) is 24.2 Å². The molecule has 1 aliphatic rings. The largest absolute Gasteiger partial charge is 0.508 e. The third kappa shape index (κ3) is 3.63. The van der Waals surface area contributed by atoms with Crippen LogP contribution in [0.1, 0.15) is 45.1 Å². The number of hydrogen-bond donors (Lipinski definition) is 2. The summed E-state index contributed by atoms with van der Waals surface area (Å²) in [6.07, 6.45) is 5.72. The Morgan fingerprint density at radius 3 is 3.00 bits per heavy atom. The standard InChI is InChI=1S/C16H25NO2/c1-3-5-7-12(4-2)17-13-10-14-15(18)8-6-9-16(14)19-11-13/h6,8-9,12-13,17-18H,3-5,7,10-11H2,1-2H3. The fourth-order valence-corrected chi connectivity index (χ4v) is 2.69. The van der Waals surface area contributed by atoms with E-state index < -0.39 is 0 Å². The van der Waals surface area contributed by atoms with Crippen molar-refractivity contribution in [2.45, 2.75) is 58.0 Å². The van der Waals surface area contributed by atoms with Gasteiger partial charge in [0.25, 0.3) is 0 Å². The van der Waals surface area contributed by atoms with Gasteiger partial charge in [-0.25, -0.2) is 0 Å². The summed E-state index contributed by atoms with van der Waals surface area (Å²) in [5, 5.41) is 13.6. The zero-order chi connectivity index (χ0) is 13.7. The average molecular weight is 263 g/mol. The lowest BCUT2D eigenvalue weighted by Crippen LogP contribution is -2.44. The third-order valence-corrected chi connectivity index (χ3v) is 3.87. The molecule has 1 heterocycles. The molecule has 0 spiro atoms. The Balaban J connectivity index is 1.95. The highest BCUT2D eigenvalue weighted by molar-refractivity contribution is 5.45. The monoisotopic (exact) mass is 263 g/mol. The summed E-state index contributed by atoms with van der Waals surface area (Å²) in [6.45, 7) is 5.15. The molecule has 19 heavy (non-hydrogen) atoms. The fraction of sp³-hybridized carbons (Fsp3) is 0.625. The van der Waals surface area contributed by atoms with Crippen LogP contribution in [0.25, 0.3) is 0 Å². The molecule has 2 unspecified atom stereocenters. The van der Waals surface area contributed by atoms with Gasteiger partial charge in [-0.2, -0.15) is 0 Å². The number of unbranched alkanes of at least 4 members (excludes halogenated alkanes) is 1. The van der Waals surface area contributed by atoms with Gasteiger partial charge in [-0.05, 0) is 31.4 Å². The summed E-state index contributed by atoms with van der Waals surface area (Å²) in [7, 11) is 0. The number of aromatic hydroxyl groups is 1. The molecule has 0 bridgehead atoms. The fourth-order valence-electron chi connectivity index (χ4n) is 2.69. The SMILES string of the molecule is CCCCC(CC)NC1COc2cccc(O)c2C1. The Kier molecular flexibility index (Phi) is 5.08. The number of benzene rings is 1. The highest BCUT2D eigenvalue weighted by atomic mass is 16.5. The van der Waals surface area contributed by atoms with Crippen molar-refractivity contribution in [3.63, 3.8) is 0 Å². The topological polar surface area (TPSA) is 41.5 Å². The Morgan fingerprint density at radius 2 is 2.26 bits per heavy atom. The van der Waals surface area contributed by atoms with Crippen LogP contribution in [-0.4, -0.2) is 23.8 Å². The molecule has 2 atom stereocenters. The first-order valence-electron chi connectivity index (χ1n) is 7.44. The van der Waals surface area contributed by atoms with Crippen LogP contribution in [0.15, 0.2) is 18.2 Å². The minimum atomic E-state index is 0.308. The van der Waals surface area contributed by atoms with Gasteiger partial charge in [-0.15, -0.1) is 0 Å². The number of nitrogens with one attached hydrogen (secondary N) is 1. The van der Waals surface area contributed by atoms with Crippen molar-refractivity contribution < 1.29 is 9.84 Å². The lowest BCUT2D eigenvalue weighted by molar-refractivity contribution is 0.219. The normalized spacial score (nSPS) is 19.6. The summed E-state index contributed by atoms with van der Waals surface area (Å²) < 4.78 is 5.74. The highest BCUT2D eigenvalue weighted by Crippen LogP contribution is 2.32. The molecule has 0 saturated heterocycles. The molecule has 0 saturated carbocycles. The van der Waals surface area contributed by atoms with Crippen LogP contribution in [0.3, 0.4) is 0 Å². The molecule has 1 aromatic rings. The minimum absolute atomic E-state index is 0.308. The first-order chi connectivity index (χ1) is 9.24. The lowest BCUT2D eigenvalue weighted by Gasteiger charge is -2.30. The third-order valence-electron chi connectivity index (χ3n) is 3.87. The van der Waals surface area contributed by atoms with E-state index in [9.17, 15) is 5.11 Å². The second-order valence-corrected chi connectivity index (χ2v) is 5.38. The maximum absolute atomic E-state index is 9.90. The maximum Gasteiger partial charge on any atom is 0.126 e. The number of phenolic OH excluding ortho intramolecular Hbond substituents is 1. The Morgan fingerprint density at radius 1 is 1.42 bits per heavy atom. The molecule has 1 aromatic carbocycles. The Hall–Kier alpha value is -1.22. The first kappa shape index (κ1) is 14.2. The average Bonchev–Trinajstić information content (AvgIpc) is 2.44. The van der Waals surface area contributed by atoms with Crippen molar-refractivity contribution in [1.29, 1.82) is 0 Å². The predicted octanol–water partition coefficient (Wildman–Crippen LogP) is 3.25. The molecular weight excluding hydrogens is 238 g/mol. The number of ether oxygens (including phenoxy) is 1. The van der Waals surface area contributed by atoms with Crippen molar-refractivity contribution in [1.82, 2.24) is 5.32 Å². The molecule has 3 nitrogen and oxygen atoms in total. The van der Waals surface area contributed by atoms with E-state index in [1.165, 1.54) is 19.3 Å². The van der Waals surface area contributed by atoms with Gasteiger partial charge in [0.05, 0.1) is 0 Å². The summed E-state index contributed by atoms with van der Waals surface area (Å²) in [4.78, 5) is 0. The number of rotatable bonds is 6. The second-order valence-electron chi connectivity index (χ2n) is 5.38. The molecule has 0 amide bonds. The van der Waals surface area contributed by atoms with Crippen LogP contribution in [0.2, 0.25) is 0 Å². The first-order valence-corrected chi connectivity index (χ1v) is 7.44. The minimum Gasteiger partial charge on any atom is -0.508 e. The highest BCUT2D eigenvalue weighted by Gasteiger charge is 2.23. The van der Waals surface area contributed by atoms with Crippen LogP contribution in [0.4, 0.5) is 0 Å². The van der Waals surface area contributed by atoms with Gasteiger partial charge < -0.3 is 15.2 Å². The van der Waals surface area contributed by atoms with E-state index in [0.29, 0.717) is 24.4 Å². The summed E-state index contributed by atoms with van der Waals surface area (Å²) in [6, 6.07) is 6.36. The van der Waals surface area contributed by atoms with Crippen molar-refractivity contribution in [3.8, 4) is 11.5 Å². The number of fused-ring (bicyclic) bond motifs is 1. The molecule has 0 aliphatic carbocycles. The quantitative estimate of drug-likeness (QED) is 0.827. The van der Waals surface area contributed by atoms with Crippen LogP contribution in [0.5, 0.6) is 11.5 Å². The van der Waals surface area contributed by atoms with Gasteiger partial charge in [-0.3, -0.25) is 0 Å². The van der Waals surface area contributed by atoms with Gasteiger partial charge in [0, 0.05) is 17.6 Å². The molecule has 0 aromatic heterocycles. The van der Waals surface area contributed by atoms with E-state index in [1.807, 2.05) is 12.1 Å². The predicted molar refractivity (Wildman–Crippen MR) is 77.8 cm³/mol. The molecule has 2 N–H and O–H groups in total. The summed E-state index contributed by atoms with van der Waals surface area (Å²) in [5.41, 5.74) is 0.941. The molecule has 1 aliphatic heterocycles. The van der Waals surface area contributed by atoms with Gasteiger partial charge in [0.1, 0.15) is 18.1 Å². The lowest BCUT2D eigenvalue weighted by atomic mass is 9.99. The van der Waals surface area contributed by atoms with E-state index in [1.54, 1.807) is 6.07 Å². The Bertz CT molecular complexity index is 406. The van der Waals surface area contributed by atoms with Gasteiger partial charge >= 0.3 is 0 Å². The molecule has 0 radical (unpaired) electrons. The zero-order valence-corrected chi connectivity index (χ0v) is 12.0. The van der Waals surface area contributed by atoms with Gasteiger partial charge in [0.15, 0.2) is 0 Å². The van der Waals surface area contributed by atoms with E-state index in [-0.39, 0.29) is 0 Å². The van der Waals surface area contributed by atoms with E-state index >= 15 is 0 Å². The van der Waals surface area contributed by atoms with E-state index in [4.69, 9.17) is 4.74 Å². The Labute approximate surface area is 116 Å².